The Balaban J connectivity index is 0.000000689. The molecule has 1 atom stereocenters. The highest BCUT2D eigenvalue weighted by Crippen LogP contribution is 2.30. The Bertz CT molecular complexity index is 1060. The van der Waals surface area contributed by atoms with Crippen molar-refractivity contribution in [2.24, 2.45) is 5.92 Å². The van der Waals surface area contributed by atoms with Gasteiger partial charge in [-0.1, -0.05) is 68.4 Å². The third kappa shape index (κ3) is 13.3. The van der Waals surface area contributed by atoms with Crippen molar-refractivity contribution in [3.63, 3.8) is 0 Å². The lowest BCUT2D eigenvalue weighted by molar-refractivity contribution is -0.118. The first-order valence-electron chi connectivity index (χ1n) is 13.7. The standard InChI is InChI=1S/C25H33FN2O2.C7H9Cl.CH3Cl/c1-18(2)25(29)27-23-6-4-5-21(17-23)19-11-14-28(15-12-19)16-13-24(30-3)20-7-9-22(26)10-8-20;1-3-5-7(8)6-4-2;1-2/h4-10,17-19,24H,11-16H2,1-3H3,(H,27,29);3-6H,1H2,2H3;1H3/b;6-4-,7-5+;. The molecule has 3 rings (SSSR count). The van der Waals surface area contributed by atoms with Crippen LogP contribution in [0.25, 0.3) is 0 Å². The molecule has 2 aromatic rings. The SMILES string of the molecule is C=C/C=C(Cl)\C=C/C.CCl.COC(CCN1CCC(c2cccc(NC(=O)C(C)C)c2)CC1)c1ccc(F)cc1. The first-order valence-corrected chi connectivity index (χ1v) is 14.8. The van der Waals surface area contributed by atoms with Gasteiger partial charge >= 0.3 is 0 Å². The third-order valence-corrected chi connectivity index (χ3v) is 6.83. The molecule has 0 aromatic heterocycles. The Kier molecular flexibility index (Phi) is 18.2. The van der Waals surface area contributed by atoms with E-state index >= 15 is 0 Å². The molecule has 1 fully saturated rings. The summed E-state index contributed by atoms with van der Waals surface area (Å²) in [6.45, 7) is 12.3. The molecule has 1 heterocycles. The molecule has 0 aliphatic carbocycles. The van der Waals surface area contributed by atoms with E-state index in [0.29, 0.717) is 11.0 Å². The van der Waals surface area contributed by atoms with E-state index in [0.717, 1.165) is 50.1 Å². The van der Waals surface area contributed by atoms with Gasteiger partial charge in [0.05, 0.1) is 6.10 Å². The Hall–Kier alpha value is -2.44. The van der Waals surface area contributed by atoms with Crippen LogP contribution >= 0.6 is 23.2 Å². The summed E-state index contributed by atoms with van der Waals surface area (Å²) in [5.41, 5.74) is 3.21. The number of rotatable bonds is 10. The van der Waals surface area contributed by atoms with E-state index in [-0.39, 0.29) is 23.7 Å². The first kappa shape index (κ1) is 35.6. The molecule has 7 heteroatoms. The number of methoxy groups -OCH3 is 1. The van der Waals surface area contributed by atoms with E-state index in [2.05, 4.69) is 40.5 Å². The summed E-state index contributed by atoms with van der Waals surface area (Å²) in [6, 6.07) is 14.9. The molecule has 1 aliphatic heterocycles. The predicted octanol–water partition coefficient (Wildman–Crippen LogP) is 9.10. The van der Waals surface area contributed by atoms with E-state index in [1.807, 2.05) is 45.1 Å². The van der Waals surface area contributed by atoms with E-state index < -0.39 is 0 Å². The van der Waals surface area contributed by atoms with Crippen molar-refractivity contribution < 1.29 is 13.9 Å². The zero-order valence-corrected chi connectivity index (χ0v) is 26.0. The smallest absolute Gasteiger partial charge is 0.226 e. The predicted molar refractivity (Wildman–Crippen MR) is 170 cm³/mol. The normalized spacial score (nSPS) is 15.1. The largest absolute Gasteiger partial charge is 0.377 e. The van der Waals surface area contributed by atoms with Crippen molar-refractivity contribution in [2.45, 2.75) is 52.1 Å². The number of anilines is 1. The number of carbonyl (C=O) groups is 1. The van der Waals surface area contributed by atoms with Crippen LogP contribution in [-0.4, -0.2) is 43.9 Å². The molecule has 40 heavy (non-hydrogen) atoms. The molecule has 0 saturated carbocycles. The van der Waals surface area contributed by atoms with Crippen molar-refractivity contribution in [3.8, 4) is 0 Å². The fourth-order valence-corrected chi connectivity index (χ4v) is 4.59. The second kappa shape index (κ2) is 20.4. The van der Waals surface area contributed by atoms with Gasteiger partial charge in [0.25, 0.3) is 0 Å². The van der Waals surface area contributed by atoms with Crippen molar-refractivity contribution in [1.82, 2.24) is 4.90 Å². The number of alkyl halides is 1. The maximum Gasteiger partial charge on any atom is 0.226 e. The lowest BCUT2D eigenvalue weighted by Gasteiger charge is -2.33. The number of nitrogens with one attached hydrogen (secondary N) is 1. The van der Waals surface area contributed by atoms with Gasteiger partial charge in [-0.3, -0.25) is 4.79 Å². The number of ether oxygens (including phenoxy) is 1. The molecule has 0 spiro atoms. The maximum absolute atomic E-state index is 13.2. The van der Waals surface area contributed by atoms with Gasteiger partial charge in [0.1, 0.15) is 5.82 Å². The number of piperidine rings is 1. The molecule has 0 bridgehead atoms. The van der Waals surface area contributed by atoms with E-state index in [1.165, 1.54) is 24.1 Å². The van der Waals surface area contributed by atoms with Crippen LogP contribution in [0.4, 0.5) is 10.1 Å². The molecule has 0 radical (unpaired) electrons. The van der Waals surface area contributed by atoms with Gasteiger partial charge in [0.2, 0.25) is 5.91 Å². The minimum Gasteiger partial charge on any atom is -0.377 e. The Morgan fingerprint density at radius 2 is 1.82 bits per heavy atom. The Labute approximate surface area is 250 Å². The molecule has 1 unspecified atom stereocenters. The van der Waals surface area contributed by atoms with Gasteiger partial charge in [-0.05, 0) is 92.7 Å². The summed E-state index contributed by atoms with van der Waals surface area (Å²) >= 11 is 10.2. The van der Waals surface area contributed by atoms with Gasteiger partial charge in [-0.2, -0.15) is 0 Å². The van der Waals surface area contributed by atoms with Gasteiger partial charge in [0, 0.05) is 36.7 Å². The first-order chi connectivity index (χ1) is 19.3. The number of likely N-dealkylation sites (tertiary alicyclic amines) is 1. The number of hydrogen-bond acceptors (Lipinski definition) is 3. The fourth-order valence-electron chi connectivity index (χ4n) is 4.37. The zero-order valence-electron chi connectivity index (χ0n) is 24.5. The number of benzene rings is 2. The van der Waals surface area contributed by atoms with Crippen LogP contribution in [0.3, 0.4) is 0 Å². The molecule has 4 nitrogen and oxygen atoms in total. The van der Waals surface area contributed by atoms with Gasteiger partial charge < -0.3 is 15.0 Å². The van der Waals surface area contributed by atoms with Crippen molar-refractivity contribution in [3.05, 3.63) is 101 Å². The average molecular weight is 592 g/mol. The third-order valence-electron chi connectivity index (χ3n) is 6.57. The number of halogens is 3. The number of hydrogen-bond donors (Lipinski definition) is 1. The Morgan fingerprint density at radius 1 is 1.18 bits per heavy atom. The highest BCUT2D eigenvalue weighted by atomic mass is 35.5. The number of amides is 1. The molecule has 1 saturated heterocycles. The van der Waals surface area contributed by atoms with Crippen LogP contribution in [0.2, 0.25) is 0 Å². The van der Waals surface area contributed by atoms with Crippen LogP contribution in [-0.2, 0) is 9.53 Å². The molecule has 1 aliphatic rings. The van der Waals surface area contributed by atoms with E-state index in [1.54, 1.807) is 31.4 Å². The highest BCUT2D eigenvalue weighted by molar-refractivity contribution is 6.31. The molecular formula is C33H45Cl2FN2O2. The molecule has 2 aromatic carbocycles. The summed E-state index contributed by atoms with van der Waals surface area (Å²) in [5.74, 6) is 0.328. The molecule has 1 N–H and O–H groups in total. The summed E-state index contributed by atoms with van der Waals surface area (Å²) in [4.78, 5) is 14.4. The Morgan fingerprint density at radius 3 is 2.38 bits per heavy atom. The summed E-state index contributed by atoms with van der Waals surface area (Å²) < 4.78 is 18.8. The van der Waals surface area contributed by atoms with Crippen LogP contribution in [0, 0.1) is 11.7 Å². The number of allylic oxidation sites excluding steroid dienone is 5. The maximum atomic E-state index is 13.2. The highest BCUT2D eigenvalue weighted by Gasteiger charge is 2.22. The summed E-state index contributed by atoms with van der Waals surface area (Å²) in [5, 5.41) is 3.71. The fraction of sp³-hybridized carbons (Fsp3) is 0.424. The second-order valence-corrected chi connectivity index (χ2v) is 10.2. The van der Waals surface area contributed by atoms with E-state index in [4.69, 9.17) is 16.3 Å². The summed E-state index contributed by atoms with van der Waals surface area (Å²) in [6.07, 6.45) is 11.6. The van der Waals surface area contributed by atoms with Crippen molar-refractivity contribution in [1.29, 1.82) is 0 Å². The lowest BCUT2D eigenvalue weighted by Crippen LogP contribution is -2.34. The molecule has 1 amide bonds. The van der Waals surface area contributed by atoms with Gasteiger partial charge in [-0.25, -0.2) is 4.39 Å². The molecular weight excluding hydrogens is 546 g/mol. The van der Waals surface area contributed by atoms with Gasteiger partial charge in [0.15, 0.2) is 0 Å². The quantitative estimate of drug-likeness (QED) is 0.221. The van der Waals surface area contributed by atoms with Crippen LogP contribution < -0.4 is 5.32 Å². The zero-order chi connectivity index (χ0) is 29.9. The van der Waals surface area contributed by atoms with Crippen molar-refractivity contribution in [2.75, 3.05) is 38.4 Å². The number of nitrogens with zero attached hydrogens (tertiary/aromatic N) is 1. The second-order valence-electron chi connectivity index (χ2n) is 9.74. The van der Waals surface area contributed by atoms with Gasteiger partial charge in [-0.15, -0.1) is 11.6 Å². The van der Waals surface area contributed by atoms with Crippen molar-refractivity contribution >= 4 is 34.8 Å². The lowest BCUT2D eigenvalue weighted by atomic mass is 9.89. The molecule has 220 valence electrons. The minimum absolute atomic E-state index is 0.00965. The summed E-state index contributed by atoms with van der Waals surface area (Å²) in [7, 11) is 1.71. The van der Waals surface area contributed by atoms with E-state index in [9.17, 15) is 9.18 Å². The topological polar surface area (TPSA) is 41.6 Å². The van der Waals surface area contributed by atoms with Crippen LogP contribution in [0.15, 0.2) is 84.4 Å². The van der Waals surface area contributed by atoms with Crippen LogP contribution in [0.5, 0.6) is 0 Å². The average Bonchev–Trinajstić information content (AvgIpc) is 2.96. The monoisotopic (exact) mass is 590 g/mol. The van der Waals surface area contributed by atoms with Crippen LogP contribution in [0.1, 0.15) is 63.2 Å². The minimum atomic E-state index is -0.219. The number of carbonyl (C=O) groups excluding carboxylic acids is 1.